The van der Waals surface area contributed by atoms with Crippen LogP contribution in [0.3, 0.4) is 0 Å². The smallest absolute Gasteiger partial charge is 0.265 e. The molecule has 0 radical (unpaired) electrons. The molecule has 1 saturated heterocycles. The summed E-state index contributed by atoms with van der Waals surface area (Å²) in [6, 6.07) is 3.43. The topological polar surface area (TPSA) is 52.6 Å². The van der Waals surface area contributed by atoms with Gasteiger partial charge < -0.3 is 9.47 Å². The van der Waals surface area contributed by atoms with Crippen LogP contribution in [0, 0.1) is 13.8 Å². The molecule has 0 amide bonds. The van der Waals surface area contributed by atoms with Crippen LogP contribution in [0.4, 0.5) is 0 Å². The molecule has 1 aliphatic heterocycles. The van der Waals surface area contributed by atoms with Gasteiger partial charge in [-0.1, -0.05) is 6.07 Å². The normalized spacial score (nSPS) is 17.4. The molecule has 0 saturated carbocycles. The molecule has 1 aliphatic rings. The summed E-state index contributed by atoms with van der Waals surface area (Å²) in [5.41, 5.74) is 1.63. The molecule has 6 heteroatoms. The maximum Gasteiger partial charge on any atom is 0.265 e. The van der Waals surface area contributed by atoms with Crippen LogP contribution in [-0.4, -0.2) is 27.7 Å². The molecule has 4 nitrogen and oxygen atoms in total. The minimum atomic E-state index is -3.81. The summed E-state index contributed by atoms with van der Waals surface area (Å²) in [5.74, 6) is 0.368. The largest absolute Gasteiger partial charge is 0.489 e. The molecule has 2 rings (SSSR count). The van der Waals surface area contributed by atoms with Gasteiger partial charge in [0.05, 0.1) is 13.2 Å². The fourth-order valence-electron chi connectivity index (χ4n) is 2.21. The fourth-order valence-corrected chi connectivity index (χ4v) is 3.31. The average Bonchev–Trinajstić information content (AvgIpc) is 2.32. The van der Waals surface area contributed by atoms with E-state index >= 15 is 0 Å². The lowest BCUT2D eigenvalue weighted by Gasteiger charge is -2.25. The Balaban J connectivity index is 2.37. The quantitative estimate of drug-likeness (QED) is 0.806. The van der Waals surface area contributed by atoms with Crippen LogP contribution in [0.15, 0.2) is 17.0 Å². The van der Waals surface area contributed by atoms with Crippen molar-refractivity contribution in [1.29, 1.82) is 0 Å². The zero-order valence-electron chi connectivity index (χ0n) is 11.0. The van der Waals surface area contributed by atoms with Gasteiger partial charge in [-0.25, -0.2) is 8.42 Å². The summed E-state index contributed by atoms with van der Waals surface area (Å²) in [6.45, 7) is 4.93. The summed E-state index contributed by atoms with van der Waals surface area (Å²) >= 11 is 0. The lowest BCUT2D eigenvalue weighted by molar-refractivity contribution is 0.0241. The number of halogens is 1. The van der Waals surface area contributed by atoms with Crippen molar-refractivity contribution in [3.63, 3.8) is 0 Å². The molecule has 0 aliphatic carbocycles. The molecule has 1 aromatic carbocycles. The third-order valence-corrected chi connectivity index (χ3v) is 4.43. The van der Waals surface area contributed by atoms with E-state index in [1.807, 2.05) is 19.9 Å². The van der Waals surface area contributed by atoms with Gasteiger partial charge in [0.2, 0.25) is 0 Å². The summed E-state index contributed by atoms with van der Waals surface area (Å²) in [6.07, 6.45) is 1.50. The van der Waals surface area contributed by atoms with Crippen LogP contribution < -0.4 is 4.74 Å². The highest BCUT2D eigenvalue weighted by molar-refractivity contribution is 8.13. The second-order valence-corrected chi connectivity index (χ2v) is 7.31. The third-order valence-electron chi connectivity index (χ3n) is 3.10. The van der Waals surface area contributed by atoms with Crippen molar-refractivity contribution >= 4 is 19.7 Å². The summed E-state index contributed by atoms with van der Waals surface area (Å²) in [5, 5.41) is 0. The molecule has 106 valence electrons. The summed E-state index contributed by atoms with van der Waals surface area (Å²) in [4.78, 5) is 0.0539. The molecule has 0 bridgehead atoms. The average molecular weight is 305 g/mol. The summed E-state index contributed by atoms with van der Waals surface area (Å²) < 4.78 is 34.4. The molecule has 0 spiro atoms. The zero-order chi connectivity index (χ0) is 14.0. The third kappa shape index (κ3) is 3.61. The molecule has 1 fully saturated rings. The standard InChI is InChI=1S/C13H17ClO4S/c1-9-7-10(2)13(12(8-9)19(14,15)16)18-11-3-5-17-6-4-11/h7-8,11H,3-6H2,1-2H3. The first-order valence-corrected chi connectivity index (χ1v) is 8.49. The SMILES string of the molecule is Cc1cc(C)c(OC2CCOCC2)c(S(=O)(=O)Cl)c1. The van der Waals surface area contributed by atoms with Gasteiger partial charge in [0, 0.05) is 23.5 Å². The van der Waals surface area contributed by atoms with E-state index in [4.69, 9.17) is 20.2 Å². The van der Waals surface area contributed by atoms with Crippen molar-refractivity contribution in [2.24, 2.45) is 0 Å². The van der Waals surface area contributed by atoms with Crippen LogP contribution in [0.2, 0.25) is 0 Å². The van der Waals surface area contributed by atoms with Crippen molar-refractivity contribution < 1.29 is 17.9 Å². The van der Waals surface area contributed by atoms with Gasteiger partial charge >= 0.3 is 0 Å². The maximum atomic E-state index is 11.7. The van der Waals surface area contributed by atoms with Crippen LogP contribution in [0.25, 0.3) is 0 Å². The van der Waals surface area contributed by atoms with Crippen molar-refractivity contribution in [1.82, 2.24) is 0 Å². The van der Waals surface area contributed by atoms with E-state index in [9.17, 15) is 8.42 Å². The van der Waals surface area contributed by atoms with Crippen molar-refractivity contribution in [3.8, 4) is 5.75 Å². The predicted molar refractivity (Wildman–Crippen MR) is 73.4 cm³/mol. The van der Waals surface area contributed by atoms with Crippen LogP contribution in [-0.2, 0) is 13.8 Å². The number of rotatable bonds is 3. The molecule has 0 N–H and O–H groups in total. The molecular formula is C13H17ClO4S. The number of ether oxygens (including phenoxy) is 2. The summed E-state index contributed by atoms with van der Waals surface area (Å²) in [7, 11) is 1.68. The van der Waals surface area contributed by atoms with E-state index in [0.29, 0.717) is 19.0 Å². The highest BCUT2D eigenvalue weighted by atomic mass is 35.7. The first-order valence-electron chi connectivity index (χ1n) is 6.18. The second-order valence-electron chi connectivity index (χ2n) is 4.78. The molecule has 0 aromatic heterocycles. The number of hydrogen-bond acceptors (Lipinski definition) is 4. The van der Waals surface area contributed by atoms with E-state index in [1.54, 1.807) is 6.07 Å². The Morgan fingerprint density at radius 3 is 2.47 bits per heavy atom. The lowest BCUT2D eigenvalue weighted by atomic mass is 10.1. The van der Waals surface area contributed by atoms with Gasteiger partial charge in [-0.3, -0.25) is 0 Å². The predicted octanol–water partition coefficient (Wildman–Crippen LogP) is 2.79. The van der Waals surface area contributed by atoms with Gasteiger partial charge in [0.1, 0.15) is 16.7 Å². The maximum absolute atomic E-state index is 11.7. The monoisotopic (exact) mass is 304 g/mol. The van der Waals surface area contributed by atoms with Gasteiger partial charge in [0.15, 0.2) is 0 Å². The minimum absolute atomic E-state index is 0.0210. The Hall–Kier alpha value is -0.780. The van der Waals surface area contributed by atoms with Crippen LogP contribution >= 0.6 is 10.7 Å². The molecule has 19 heavy (non-hydrogen) atoms. The number of aryl methyl sites for hydroxylation is 2. The van der Waals surface area contributed by atoms with Gasteiger partial charge in [-0.15, -0.1) is 0 Å². The van der Waals surface area contributed by atoms with Gasteiger partial charge in [-0.05, 0) is 31.0 Å². The second kappa shape index (κ2) is 5.69. The van der Waals surface area contributed by atoms with E-state index in [-0.39, 0.29) is 11.0 Å². The van der Waals surface area contributed by atoms with Crippen molar-refractivity contribution in [2.75, 3.05) is 13.2 Å². The Labute approximate surface area is 118 Å². The van der Waals surface area contributed by atoms with Crippen LogP contribution in [0.5, 0.6) is 5.75 Å². The molecule has 0 atom stereocenters. The number of benzene rings is 1. The zero-order valence-corrected chi connectivity index (χ0v) is 12.6. The van der Waals surface area contributed by atoms with Gasteiger partial charge in [0.25, 0.3) is 9.05 Å². The number of hydrogen-bond donors (Lipinski definition) is 0. The molecular weight excluding hydrogens is 288 g/mol. The van der Waals surface area contributed by atoms with E-state index < -0.39 is 9.05 Å². The minimum Gasteiger partial charge on any atom is -0.489 e. The molecule has 0 unspecified atom stereocenters. The van der Waals surface area contributed by atoms with E-state index in [2.05, 4.69) is 0 Å². The molecule has 1 aromatic rings. The highest BCUT2D eigenvalue weighted by Gasteiger charge is 2.23. The highest BCUT2D eigenvalue weighted by Crippen LogP contribution is 2.33. The van der Waals surface area contributed by atoms with E-state index in [1.165, 1.54) is 0 Å². The fraction of sp³-hybridized carbons (Fsp3) is 0.538. The Bertz CT molecular complexity index is 562. The van der Waals surface area contributed by atoms with Crippen molar-refractivity contribution in [2.45, 2.75) is 37.7 Å². The lowest BCUT2D eigenvalue weighted by Crippen LogP contribution is -2.26. The Morgan fingerprint density at radius 2 is 1.89 bits per heavy atom. The van der Waals surface area contributed by atoms with E-state index in [0.717, 1.165) is 24.0 Å². The van der Waals surface area contributed by atoms with Crippen LogP contribution in [0.1, 0.15) is 24.0 Å². The first-order chi connectivity index (χ1) is 8.88. The van der Waals surface area contributed by atoms with Gasteiger partial charge in [-0.2, -0.15) is 0 Å². The Kier molecular flexibility index (Phi) is 4.38. The molecule has 1 heterocycles. The first kappa shape index (κ1) is 14.6. The Morgan fingerprint density at radius 1 is 1.26 bits per heavy atom. The van der Waals surface area contributed by atoms with Crippen molar-refractivity contribution in [3.05, 3.63) is 23.3 Å².